The van der Waals surface area contributed by atoms with Crippen molar-refractivity contribution in [3.63, 3.8) is 0 Å². The Labute approximate surface area is 146 Å². The molecule has 1 aromatic carbocycles. The van der Waals surface area contributed by atoms with Crippen molar-refractivity contribution in [3.05, 3.63) is 33.9 Å². The summed E-state index contributed by atoms with van der Waals surface area (Å²) in [6, 6.07) is 8.90. The van der Waals surface area contributed by atoms with Gasteiger partial charge in [0.05, 0.1) is 0 Å². The molecule has 5 heteroatoms. The van der Waals surface area contributed by atoms with Crippen molar-refractivity contribution >= 4 is 20.6 Å². The van der Waals surface area contributed by atoms with Crippen LogP contribution in [0.15, 0.2) is 30.3 Å². The zero-order valence-electron chi connectivity index (χ0n) is 5.81. The molecule has 0 bridgehead atoms. The summed E-state index contributed by atoms with van der Waals surface area (Å²) in [6.07, 6.45) is 0. The fourth-order valence-electron chi connectivity index (χ4n) is 0.527. The van der Waals surface area contributed by atoms with Gasteiger partial charge in [0.25, 0.3) is 0 Å². The van der Waals surface area contributed by atoms with E-state index in [1.54, 1.807) is 24.3 Å². The van der Waals surface area contributed by atoms with Gasteiger partial charge < -0.3 is 0 Å². The van der Waals surface area contributed by atoms with E-state index < -0.39 is 20.6 Å². The molecule has 0 fully saturated rings. The predicted octanol–water partition coefficient (Wildman–Crippen LogP) is 1.18. The van der Waals surface area contributed by atoms with Crippen LogP contribution in [0.3, 0.4) is 0 Å². The van der Waals surface area contributed by atoms with Crippen LogP contribution in [0.5, 0.6) is 0 Å². The summed E-state index contributed by atoms with van der Waals surface area (Å²) in [5, 5.41) is 0. The van der Waals surface area contributed by atoms with Gasteiger partial charge in [0.1, 0.15) is 0 Å². The molecule has 0 atom stereocenters. The first-order valence-corrected chi connectivity index (χ1v) is 5.45. The Hall–Kier alpha value is 2.75. The van der Waals surface area contributed by atoms with E-state index in [1.165, 1.54) is 0 Å². The second-order valence-electron chi connectivity index (χ2n) is 1.54. The standard InChI is InChI=1S/C6H7IO2.2Ac/c8-7(9)6-4-2-1-3-5-6;;/h1-5,8-9H;;. The molecule has 11 heavy (non-hydrogen) atoms. The Morgan fingerprint density at radius 2 is 1.36 bits per heavy atom. The normalized spacial score (nSPS) is 9.09. The summed E-state index contributed by atoms with van der Waals surface area (Å²) >= 11 is -2.68. The Bertz CT molecular complexity index is 181. The minimum absolute atomic E-state index is 0. The Morgan fingerprint density at radius 1 is 0.909 bits per heavy atom. The van der Waals surface area contributed by atoms with Crippen LogP contribution in [0.25, 0.3) is 0 Å². The Kier molecular flexibility index (Phi) is 13.7. The van der Waals surface area contributed by atoms with Gasteiger partial charge in [-0.1, -0.05) is 0 Å². The minimum Gasteiger partial charge on any atom is 0 e. The van der Waals surface area contributed by atoms with E-state index in [9.17, 15) is 0 Å². The topological polar surface area (TPSA) is 40.5 Å². The molecule has 0 saturated heterocycles. The number of hydrogen-bond donors (Lipinski definition) is 2. The summed E-state index contributed by atoms with van der Waals surface area (Å²) in [6.45, 7) is 0. The van der Waals surface area contributed by atoms with Crippen LogP contribution in [0.2, 0.25) is 0 Å². The van der Waals surface area contributed by atoms with Crippen molar-refractivity contribution in [2.24, 2.45) is 0 Å². The molecule has 0 aliphatic carbocycles. The van der Waals surface area contributed by atoms with Crippen LogP contribution in [0.1, 0.15) is 0 Å². The van der Waals surface area contributed by atoms with Crippen molar-refractivity contribution in [1.29, 1.82) is 0 Å². The molecule has 2 nitrogen and oxygen atoms in total. The third-order valence-electron chi connectivity index (χ3n) is 0.928. The maximum absolute atomic E-state index is 8.74. The third-order valence-corrected chi connectivity index (χ3v) is 2.76. The van der Waals surface area contributed by atoms with E-state index in [2.05, 4.69) is 0 Å². The number of hydrogen-bond acceptors (Lipinski definition) is 2. The molecule has 0 spiro atoms. The first-order valence-electron chi connectivity index (χ1n) is 2.44. The zero-order chi connectivity index (χ0) is 6.69. The van der Waals surface area contributed by atoms with E-state index in [0.29, 0.717) is 3.57 Å². The van der Waals surface area contributed by atoms with Crippen molar-refractivity contribution < 1.29 is 95.0 Å². The van der Waals surface area contributed by atoms with Gasteiger partial charge in [-0.25, -0.2) is 0 Å². The van der Waals surface area contributed by atoms with Crippen LogP contribution in [-0.2, 0) is 0 Å². The molecule has 1 rings (SSSR count). The van der Waals surface area contributed by atoms with Crippen molar-refractivity contribution in [1.82, 2.24) is 0 Å². The van der Waals surface area contributed by atoms with Gasteiger partial charge in [-0.3, -0.25) is 0 Å². The largest absolute Gasteiger partial charge is 0 e. The Balaban J connectivity index is 0. The van der Waals surface area contributed by atoms with Crippen molar-refractivity contribution in [2.45, 2.75) is 0 Å². The second kappa shape index (κ2) is 9.31. The second-order valence-corrected chi connectivity index (χ2v) is 4.18. The van der Waals surface area contributed by atoms with Gasteiger partial charge in [-0.05, 0) is 0 Å². The molecule has 2 radical (unpaired) electrons. The minimum atomic E-state index is -2.68. The van der Waals surface area contributed by atoms with Gasteiger partial charge in [0.2, 0.25) is 0 Å². The quantitative estimate of drug-likeness (QED) is 0.435. The molecule has 0 aliphatic rings. The van der Waals surface area contributed by atoms with Crippen LogP contribution >= 0.6 is 20.6 Å². The number of rotatable bonds is 1. The van der Waals surface area contributed by atoms with Crippen LogP contribution < -0.4 is 0 Å². The fraction of sp³-hybridized carbons (Fsp3) is 0. The zero-order valence-corrected chi connectivity index (χ0v) is 17.5. The fourth-order valence-corrected chi connectivity index (χ4v) is 1.59. The SMILES string of the molecule is OI(O)c1ccccc1.[Ac].[Ac]. The first-order chi connectivity index (χ1) is 4.30. The Morgan fingerprint density at radius 3 is 1.64 bits per heavy atom. The average Bonchev–Trinajstić information content (AvgIpc) is 1.90. The molecule has 0 aliphatic heterocycles. The summed E-state index contributed by atoms with van der Waals surface area (Å²) in [7, 11) is 0. The van der Waals surface area contributed by atoms with E-state index in [1.807, 2.05) is 6.07 Å². The van der Waals surface area contributed by atoms with Crippen LogP contribution in [0.4, 0.5) is 0 Å². The molecule has 0 amide bonds. The van der Waals surface area contributed by atoms with E-state index in [4.69, 9.17) is 6.87 Å². The van der Waals surface area contributed by atoms with Crippen molar-refractivity contribution in [3.8, 4) is 0 Å². The van der Waals surface area contributed by atoms with Crippen LogP contribution in [0, 0.1) is 91.7 Å². The van der Waals surface area contributed by atoms with E-state index >= 15 is 0 Å². The van der Waals surface area contributed by atoms with E-state index in [-0.39, 0.29) is 88.1 Å². The summed E-state index contributed by atoms with van der Waals surface area (Å²) < 4.78 is 18.2. The number of benzene rings is 1. The van der Waals surface area contributed by atoms with Gasteiger partial charge in [0.15, 0.2) is 0 Å². The van der Waals surface area contributed by atoms with Gasteiger partial charge in [-0.2, -0.15) is 0 Å². The summed E-state index contributed by atoms with van der Waals surface area (Å²) in [5.74, 6) is 0. The van der Waals surface area contributed by atoms with Gasteiger partial charge >= 0.3 is 61.4 Å². The third kappa shape index (κ3) is 6.78. The monoisotopic (exact) mass is 692 g/mol. The number of halogens is 1. The smallest absolute Gasteiger partial charge is 0 e. The molecule has 0 heterocycles. The maximum Gasteiger partial charge on any atom is 0 e. The molecule has 1 aromatic rings. The maximum atomic E-state index is 8.74. The van der Waals surface area contributed by atoms with Gasteiger partial charge in [0, 0.05) is 88.1 Å². The molecule has 0 unspecified atom stereocenters. The molecular weight excluding hydrogens is 685 g/mol. The molecule has 2 N–H and O–H groups in total. The van der Waals surface area contributed by atoms with E-state index in [0.717, 1.165) is 0 Å². The molecule has 0 aromatic heterocycles. The van der Waals surface area contributed by atoms with Gasteiger partial charge in [-0.15, -0.1) is 0 Å². The molecule has 56 valence electrons. The van der Waals surface area contributed by atoms with Crippen molar-refractivity contribution in [2.75, 3.05) is 0 Å². The summed E-state index contributed by atoms with van der Waals surface area (Å²) in [4.78, 5) is 0. The van der Waals surface area contributed by atoms with Crippen LogP contribution in [-0.4, -0.2) is 6.87 Å². The molecular formula is C6H7Ac2IO2. The summed E-state index contributed by atoms with van der Waals surface area (Å²) in [5.41, 5.74) is 0. The molecule has 0 saturated carbocycles. The average molecular weight is 692 g/mol. The first kappa shape index (κ1) is 16.2. The predicted molar refractivity (Wildman–Crippen MR) is 43.6 cm³/mol.